The molecule has 0 unspecified atom stereocenters. The molecule has 6 nitrogen and oxygen atoms in total. The van der Waals surface area contributed by atoms with Crippen LogP contribution in [0.3, 0.4) is 0 Å². The minimum atomic E-state index is -4.32. The number of hydrogen-bond acceptors (Lipinski definition) is 5. The fourth-order valence-electron chi connectivity index (χ4n) is 1.94. The smallest absolute Gasteiger partial charge is 0.298 e. The minimum absolute atomic E-state index is 0.231. The molecule has 1 aliphatic heterocycles. The minimum Gasteiger partial charge on any atom is -0.367 e. The monoisotopic (exact) mass is 291 g/mol. The normalized spacial score (nSPS) is 18.1. The standard InChI is InChI=1S/C10H14ClN3O3S/c1-13-2-4-14(5-3-13)10-8(11)6-12-7-9(10)18(15,16)17/h6-7H,2-5H2,1H3,(H,15,16,17). The van der Waals surface area contributed by atoms with Crippen molar-refractivity contribution in [2.75, 3.05) is 38.1 Å². The summed E-state index contributed by atoms with van der Waals surface area (Å²) in [6.45, 7) is 2.93. The molecular formula is C10H14ClN3O3S. The second-order valence-corrected chi connectivity index (χ2v) is 6.03. The Morgan fingerprint density at radius 1 is 1.28 bits per heavy atom. The third-order valence-electron chi connectivity index (χ3n) is 2.94. The van der Waals surface area contributed by atoms with Crippen molar-refractivity contribution in [3.63, 3.8) is 0 Å². The first-order valence-electron chi connectivity index (χ1n) is 5.44. The van der Waals surface area contributed by atoms with Crippen LogP contribution < -0.4 is 4.90 Å². The van der Waals surface area contributed by atoms with Gasteiger partial charge in [0.1, 0.15) is 4.90 Å². The van der Waals surface area contributed by atoms with Crippen molar-refractivity contribution in [2.45, 2.75) is 4.90 Å². The average molecular weight is 292 g/mol. The molecule has 0 amide bonds. The molecule has 1 fully saturated rings. The van der Waals surface area contributed by atoms with Crippen LogP contribution in [0.1, 0.15) is 0 Å². The summed E-state index contributed by atoms with van der Waals surface area (Å²) in [7, 11) is -2.33. The van der Waals surface area contributed by atoms with Crippen LogP contribution in [0.4, 0.5) is 5.69 Å². The SMILES string of the molecule is CN1CCN(c2c(Cl)cncc2S(=O)(=O)O)CC1. The molecule has 2 rings (SSSR count). The molecule has 0 spiro atoms. The van der Waals surface area contributed by atoms with Crippen LogP contribution >= 0.6 is 11.6 Å². The van der Waals surface area contributed by atoms with Gasteiger partial charge in [-0.1, -0.05) is 11.6 Å². The lowest BCUT2D eigenvalue weighted by atomic mass is 10.3. The summed E-state index contributed by atoms with van der Waals surface area (Å²) in [6.07, 6.45) is 2.50. The first-order valence-corrected chi connectivity index (χ1v) is 7.26. The third-order valence-corrected chi connectivity index (χ3v) is 4.07. The van der Waals surface area contributed by atoms with Crippen molar-refractivity contribution in [3.05, 3.63) is 17.4 Å². The van der Waals surface area contributed by atoms with Gasteiger partial charge in [0, 0.05) is 32.4 Å². The summed E-state index contributed by atoms with van der Waals surface area (Å²) in [6, 6.07) is 0. The molecule has 2 heterocycles. The number of hydrogen-bond donors (Lipinski definition) is 1. The van der Waals surface area contributed by atoms with Crippen molar-refractivity contribution >= 4 is 27.4 Å². The molecule has 0 atom stereocenters. The van der Waals surface area contributed by atoms with Gasteiger partial charge in [-0.15, -0.1) is 0 Å². The topological polar surface area (TPSA) is 73.7 Å². The number of anilines is 1. The summed E-state index contributed by atoms with van der Waals surface area (Å²) in [5.74, 6) is 0. The maximum atomic E-state index is 11.3. The summed E-state index contributed by atoms with van der Waals surface area (Å²) >= 11 is 6.01. The van der Waals surface area contributed by atoms with Gasteiger partial charge in [-0.05, 0) is 7.05 Å². The van der Waals surface area contributed by atoms with E-state index in [0.29, 0.717) is 18.8 Å². The lowest BCUT2D eigenvalue weighted by molar-refractivity contribution is 0.312. The zero-order valence-electron chi connectivity index (χ0n) is 9.87. The quantitative estimate of drug-likeness (QED) is 0.810. The molecule has 1 aromatic rings. The van der Waals surface area contributed by atoms with Gasteiger partial charge in [0.15, 0.2) is 0 Å². The average Bonchev–Trinajstić information content (AvgIpc) is 2.29. The Morgan fingerprint density at radius 2 is 1.89 bits per heavy atom. The van der Waals surface area contributed by atoms with Crippen LogP contribution in [0.25, 0.3) is 0 Å². The fourth-order valence-corrected chi connectivity index (χ4v) is 2.95. The highest BCUT2D eigenvalue weighted by atomic mass is 35.5. The largest absolute Gasteiger partial charge is 0.367 e. The number of halogens is 1. The highest BCUT2D eigenvalue weighted by Crippen LogP contribution is 2.32. The van der Waals surface area contributed by atoms with Crippen molar-refractivity contribution < 1.29 is 13.0 Å². The summed E-state index contributed by atoms with van der Waals surface area (Å²) < 4.78 is 31.9. The highest BCUT2D eigenvalue weighted by molar-refractivity contribution is 7.86. The predicted molar refractivity (Wildman–Crippen MR) is 68.8 cm³/mol. The molecule has 0 radical (unpaired) electrons. The van der Waals surface area contributed by atoms with E-state index in [9.17, 15) is 13.0 Å². The van der Waals surface area contributed by atoms with Crippen LogP contribution in [0, 0.1) is 0 Å². The van der Waals surface area contributed by atoms with Crippen molar-refractivity contribution in [3.8, 4) is 0 Å². The Hall–Kier alpha value is -0.890. The lowest BCUT2D eigenvalue weighted by Gasteiger charge is -2.35. The third kappa shape index (κ3) is 2.74. The molecular weight excluding hydrogens is 278 g/mol. The Bertz CT molecular complexity index is 541. The molecule has 1 aromatic heterocycles. The van der Waals surface area contributed by atoms with Gasteiger partial charge < -0.3 is 9.80 Å². The first-order chi connectivity index (χ1) is 8.39. The molecule has 0 bridgehead atoms. The molecule has 1 saturated heterocycles. The fraction of sp³-hybridized carbons (Fsp3) is 0.500. The van der Waals surface area contributed by atoms with Gasteiger partial charge in [-0.25, -0.2) is 0 Å². The molecule has 0 aliphatic carbocycles. The number of rotatable bonds is 2. The Kier molecular flexibility index (Phi) is 3.76. The lowest BCUT2D eigenvalue weighted by Crippen LogP contribution is -2.45. The van der Waals surface area contributed by atoms with E-state index in [1.807, 2.05) is 11.9 Å². The highest BCUT2D eigenvalue weighted by Gasteiger charge is 2.25. The van der Waals surface area contributed by atoms with Crippen LogP contribution in [0.2, 0.25) is 5.02 Å². The van der Waals surface area contributed by atoms with Crippen LogP contribution in [0.5, 0.6) is 0 Å². The van der Waals surface area contributed by atoms with E-state index >= 15 is 0 Å². The maximum absolute atomic E-state index is 11.3. The van der Waals surface area contributed by atoms with Crippen molar-refractivity contribution in [1.29, 1.82) is 0 Å². The molecule has 18 heavy (non-hydrogen) atoms. The van der Waals surface area contributed by atoms with Gasteiger partial charge in [0.05, 0.1) is 16.9 Å². The number of pyridine rings is 1. The van der Waals surface area contributed by atoms with Gasteiger partial charge in [-0.2, -0.15) is 8.42 Å². The predicted octanol–water partition coefficient (Wildman–Crippen LogP) is 0.734. The molecule has 100 valence electrons. The zero-order chi connectivity index (χ0) is 13.3. The number of nitrogens with zero attached hydrogens (tertiary/aromatic N) is 3. The zero-order valence-corrected chi connectivity index (χ0v) is 11.4. The molecule has 1 aliphatic rings. The Morgan fingerprint density at radius 3 is 2.44 bits per heavy atom. The van der Waals surface area contributed by atoms with Gasteiger partial charge >= 0.3 is 0 Å². The molecule has 8 heteroatoms. The van der Waals surface area contributed by atoms with Crippen molar-refractivity contribution in [2.24, 2.45) is 0 Å². The summed E-state index contributed by atoms with van der Waals surface area (Å²) in [5.41, 5.74) is 0.335. The van der Waals surface area contributed by atoms with Crippen LogP contribution in [0.15, 0.2) is 17.3 Å². The van der Waals surface area contributed by atoms with Crippen LogP contribution in [-0.2, 0) is 10.1 Å². The van der Waals surface area contributed by atoms with E-state index in [1.54, 1.807) is 0 Å². The van der Waals surface area contributed by atoms with E-state index < -0.39 is 10.1 Å². The second kappa shape index (κ2) is 5.00. The number of likely N-dealkylation sites (N-methyl/N-ethyl adjacent to an activating group) is 1. The second-order valence-electron chi connectivity index (χ2n) is 4.23. The van der Waals surface area contributed by atoms with E-state index in [2.05, 4.69) is 9.88 Å². The van der Waals surface area contributed by atoms with Crippen molar-refractivity contribution in [1.82, 2.24) is 9.88 Å². The van der Waals surface area contributed by atoms with Gasteiger partial charge in [0.25, 0.3) is 10.1 Å². The Labute approximate surface area is 111 Å². The molecule has 0 aromatic carbocycles. The van der Waals surface area contributed by atoms with E-state index in [-0.39, 0.29) is 9.92 Å². The Balaban J connectivity index is 2.43. The number of aromatic nitrogens is 1. The van der Waals surface area contributed by atoms with E-state index in [0.717, 1.165) is 19.3 Å². The first kappa shape index (κ1) is 13.5. The van der Waals surface area contributed by atoms with Crippen LogP contribution in [-0.4, -0.2) is 56.1 Å². The van der Waals surface area contributed by atoms with E-state index in [1.165, 1.54) is 6.20 Å². The molecule has 1 N–H and O–H groups in total. The van der Waals surface area contributed by atoms with Gasteiger partial charge in [-0.3, -0.25) is 9.54 Å². The van der Waals surface area contributed by atoms with E-state index in [4.69, 9.17) is 11.6 Å². The maximum Gasteiger partial charge on any atom is 0.298 e. The number of piperazine rings is 1. The van der Waals surface area contributed by atoms with Gasteiger partial charge in [0.2, 0.25) is 0 Å². The molecule has 0 saturated carbocycles. The summed E-state index contributed by atoms with van der Waals surface area (Å²) in [4.78, 5) is 7.47. The summed E-state index contributed by atoms with van der Waals surface area (Å²) in [5, 5.41) is 0.231.